The molecule has 0 bridgehead atoms. The van der Waals surface area contributed by atoms with Crippen LogP contribution in [0.1, 0.15) is 48.4 Å². The Labute approximate surface area is 136 Å². The second kappa shape index (κ2) is 6.86. The molecule has 1 aromatic carbocycles. The van der Waals surface area contributed by atoms with E-state index in [2.05, 4.69) is 15.5 Å². The maximum Gasteiger partial charge on any atom is 0.263 e. The zero-order chi connectivity index (χ0) is 16.2. The standard InChI is InChI=1S/C18H23N3O2/c1-12-6-5-7-13(2)18(12)23-11-17(22)19-16-10-15(20-21-16)14-8-3-4-9-14/h5-7,10,14H,3-4,8-9,11H2,1-2H3,(H2,19,20,21,22). The Morgan fingerprint density at radius 2 is 2.00 bits per heavy atom. The molecule has 0 spiro atoms. The van der Waals surface area contributed by atoms with Crippen molar-refractivity contribution in [2.45, 2.75) is 45.4 Å². The van der Waals surface area contributed by atoms with E-state index < -0.39 is 0 Å². The monoisotopic (exact) mass is 313 g/mol. The van der Waals surface area contributed by atoms with Crippen LogP contribution in [0.4, 0.5) is 5.82 Å². The van der Waals surface area contributed by atoms with Gasteiger partial charge in [0.2, 0.25) is 0 Å². The highest BCUT2D eigenvalue weighted by molar-refractivity contribution is 5.91. The smallest absolute Gasteiger partial charge is 0.263 e. The normalized spacial score (nSPS) is 14.9. The largest absolute Gasteiger partial charge is 0.483 e. The minimum atomic E-state index is -0.197. The molecule has 1 aliphatic carbocycles. The van der Waals surface area contributed by atoms with Crippen LogP contribution in [0.3, 0.4) is 0 Å². The molecule has 122 valence electrons. The van der Waals surface area contributed by atoms with E-state index in [-0.39, 0.29) is 12.5 Å². The molecule has 1 heterocycles. The first kappa shape index (κ1) is 15.6. The molecule has 1 aliphatic rings. The highest BCUT2D eigenvalue weighted by Crippen LogP contribution is 2.33. The first-order chi connectivity index (χ1) is 11.1. The second-order valence-electron chi connectivity index (χ2n) is 6.25. The Morgan fingerprint density at radius 3 is 2.70 bits per heavy atom. The molecule has 5 heteroatoms. The number of carbonyl (C=O) groups is 1. The van der Waals surface area contributed by atoms with Gasteiger partial charge in [-0.3, -0.25) is 9.89 Å². The van der Waals surface area contributed by atoms with Crippen LogP contribution >= 0.6 is 0 Å². The minimum absolute atomic E-state index is 0.0166. The van der Waals surface area contributed by atoms with Crippen molar-refractivity contribution in [3.05, 3.63) is 41.1 Å². The van der Waals surface area contributed by atoms with Crippen molar-refractivity contribution < 1.29 is 9.53 Å². The summed E-state index contributed by atoms with van der Waals surface area (Å²) in [6, 6.07) is 7.86. The number of aromatic amines is 1. The van der Waals surface area contributed by atoms with Crippen molar-refractivity contribution in [3.63, 3.8) is 0 Å². The summed E-state index contributed by atoms with van der Waals surface area (Å²) in [6.07, 6.45) is 4.94. The van der Waals surface area contributed by atoms with Crippen LogP contribution in [0, 0.1) is 13.8 Å². The SMILES string of the molecule is Cc1cccc(C)c1OCC(=O)Nc1cc(C2CCCC2)[nH]n1. The molecule has 2 N–H and O–H groups in total. The average molecular weight is 313 g/mol. The molecule has 2 aromatic rings. The molecule has 1 saturated carbocycles. The van der Waals surface area contributed by atoms with Crippen molar-refractivity contribution >= 4 is 11.7 Å². The molecular weight excluding hydrogens is 290 g/mol. The molecule has 0 atom stereocenters. The van der Waals surface area contributed by atoms with Crippen molar-refractivity contribution in [1.82, 2.24) is 10.2 Å². The number of nitrogens with zero attached hydrogens (tertiary/aromatic N) is 1. The maximum absolute atomic E-state index is 12.0. The molecule has 1 amide bonds. The lowest BCUT2D eigenvalue weighted by molar-refractivity contribution is -0.118. The van der Waals surface area contributed by atoms with E-state index in [0.29, 0.717) is 11.7 Å². The maximum atomic E-state index is 12.0. The van der Waals surface area contributed by atoms with Gasteiger partial charge in [0.05, 0.1) is 0 Å². The summed E-state index contributed by atoms with van der Waals surface area (Å²) >= 11 is 0. The van der Waals surface area contributed by atoms with Gasteiger partial charge in [-0.1, -0.05) is 31.0 Å². The van der Waals surface area contributed by atoms with Crippen LogP contribution in [0.2, 0.25) is 0 Å². The number of hydrogen-bond donors (Lipinski definition) is 2. The van der Waals surface area contributed by atoms with Crippen LogP contribution in [-0.2, 0) is 4.79 Å². The topological polar surface area (TPSA) is 67.0 Å². The Bertz CT molecular complexity index is 667. The number of rotatable bonds is 5. The molecule has 3 rings (SSSR count). The predicted octanol–water partition coefficient (Wildman–Crippen LogP) is 3.70. The number of hydrogen-bond acceptors (Lipinski definition) is 3. The summed E-state index contributed by atoms with van der Waals surface area (Å²) in [5.41, 5.74) is 3.18. The molecule has 0 radical (unpaired) electrons. The van der Waals surface area contributed by atoms with Gasteiger partial charge in [0.25, 0.3) is 5.91 Å². The summed E-state index contributed by atoms with van der Waals surface area (Å²) in [6.45, 7) is 3.93. The molecule has 0 saturated heterocycles. The molecule has 5 nitrogen and oxygen atoms in total. The van der Waals surface area contributed by atoms with Gasteiger partial charge < -0.3 is 10.1 Å². The van der Waals surface area contributed by atoms with E-state index in [1.165, 1.54) is 25.7 Å². The number of aryl methyl sites for hydroxylation is 2. The number of aromatic nitrogens is 2. The third-order valence-electron chi connectivity index (χ3n) is 4.42. The van der Waals surface area contributed by atoms with E-state index in [0.717, 1.165) is 22.6 Å². The Hall–Kier alpha value is -2.30. The molecule has 1 aromatic heterocycles. The lowest BCUT2D eigenvalue weighted by Gasteiger charge is -2.11. The predicted molar refractivity (Wildman–Crippen MR) is 89.8 cm³/mol. The summed E-state index contributed by atoms with van der Waals surface area (Å²) in [7, 11) is 0. The third-order valence-corrected chi connectivity index (χ3v) is 4.42. The first-order valence-corrected chi connectivity index (χ1v) is 8.17. The van der Waals surface area contributed by atoms with Crippen LogP contribution in [-0.4, -0.2) is 22.7 Å². The van der Waals surface area contributed by atoms with Crippen molar-refractivity contribution in [3.8, 4) is 5.75 Å². The Kier molecular flexibility index (Phi) is 4.65. The molecule has 0 aliphatic heterocycles. The molecule has 0 unspecified atom stereocenters. The number of para-hydroxylation sites is 1. The van der Waals surface area contributed by atoms with Gasteiger partial charge in [-0.25, -0.2) is 0 Å². The minimum Gasteiger partial charge on any atom is -0.483 e. The van der Waals surface area contributed by atoms with E-state index in [1.807, 2.05) is 38.1 Å². The number of H-pyrrole nitrogens is 1. The number of benzene rings is 1. The van der Waals surface area contributed by atoms with Crippen LogP contribution in [0.15, 0.2) is 24.3 Å². The van der Waals surface area contributed by atoms with Gasteiger partial charge in [-0.2, -0.15) is 5.10 Å². The van der Waals surface area contributed by atoms with Crippen molar-refractivity contribution in [2.24, 2.45) is 0 Å². The Morgan fingerprint density at radius 1 is 1.30 bits per heavy atom. The van der Waals surface area contributed by atoms with E-state index in [9.17, 15) is 4.79 Å². The van der Waals surface area contributed by atoms with Crippen LogP contribution < -0.4 is 10.1 Å². The van der Waals surface area contributed by atoms with Crippen LogP contribution in [0.5, 0.6) is 5.75 Å². The van der Waals surface area contributed by atoms with E-state index in [4.69, 9.17) is 4.74 Å². The molecule has 1 fully saturated rings. The van der Waals surface area contributed by atoms with Gasteiger partial charge in [0.15, 0.2) is 12.4 Å². The highest BCUT2D eigenvalue weighted by Gasteiger charge is 2.19. The number of ether oxygens (including phenoxy) is 1. The van der Waals surface area contributed by atoms with Crippen molar-refractivity contribution in [2.75, 3.05) is 11.9 Å². The van der Waals surface area contributed by atoms with Gasteiger partial charge in [-0.05, 0) is 37.8 Å². The zero-order valence-electron chi connectivity index (χ0n) is 13.7. The zero-order valence-corrected chi connectivity index (χ0v) is 13.7. The van der Waals surface area contributed by atoms with Gasteiger partial charge in [0, 0.05) is 17.7 Å². The van der Waals surface area contributed by atoms with Crippen LogP contribution in [0.25, 0.3) is 0 Å². The summed E-state index contributed by atoms with van der Waals surface area (Å²) < 4.78 is 5.66. The third kappa shape index (κ3) is 3.73. The van der Waals surface area contributed by atoms with Gasteiger partial charge >= 0.3 is 0 Å². The summed E-state index contributed by atoms with van der Waals surface area (Å²) in [5.74, 6) is 1.70. The highest BCUT2D eigenvalue weighted by atomic mass is 16.5. The Balaban J connectivity index is 1.55. The fraction of sp³-hybridized carbons (Fsp3) is 0.444. The first-order valence-electron chi connectivity index (χ1n) is 8.17. The lowest BCUT2D eigenvalue weighted by atomic mass is 10.0. The molecular formula is C18H23N3O2. The number of carbonyl (C=O) groups excluding carboxylic acids is 1. The summed E-state index contributed by atoms with van der Waals surface area (Å²) in [5, 5.41) is 10.0. The number of nitrogens with one attached hydrogen (secondary N) is 2. The van der Waals surface area contributed by atoms with Crippen molar-refractivity contribution in [1.29, 1.82) is 0 Å². The van der Waals surface area contributed by atoms with E-state index in [1.54, 1.807) is 0 Å². The fourth-order valence-corrected chi connectivity index (χ4v) is 3.19. The van der Waals surface area contributed by atoms with Gasteiger partial charge in [-0.15, -0.1) is 0 Å². The fourth-order valence-electron chi connectivity index (χ4n) is 3.19. The van der Waals surface area contributed by atoms with E-state index >= 15 is 0 Å². The van der Waals surface area contributed by atoms with Gasteiger partial charge in [0.1, 0.15) is 5.75 Å². The number of anilines is 1. The number of amides is 1. The lowest BCUT2D eigenvalue weighted by Crippen LogP contribution is -2.20. The average Bonchev–Trinajstić information content (AvgIpc) is 3.17. The summed E-state index contributed by atoms with van der Waals surface area (Å²) in [4.78, 5) is 12.0. The molecule has 23 heavy (non-hydrogen) atoms. The second-order valence-corrected chi connectivity index (χ2v) is 6.25. The quantitative estimate of drug-likeness (QED) is 0.884.